The molecule has 1 aliphatic carbocycles. The van der Waals surface area contributed by atoms with E-state index < -0.39 is 0 Å². The van der Waals surface area contributed by atoms with Crippen molar-refractivity contribution < 1.29 is 9.53 Å². The van der Waals surface area contributed by atoms with E-state index in [1.807, 2.05) is 55.6 Å². The quantitative estimate of drug-likeness (QED) is 0.616. The first-order valence-corrected chi connectivity index (χ1v) is 6.97. The molecule has 1 aromatic rings. The summed E-state index contributed by atoms with van der Waals surface area (Å²) in [6.07, 6.45) is 10.8. The molecule has 0 radical (unpaired) electrons. The third-order valence-corrected chi connectivity index (χ3v) is 4.01. The van der Waals surface area contributed by atoms with Gasteiger partial charge >= 0.3 is 0 Å². The van der Waals surface area contributed by atoms with Crippen molar-refractivity contribution in [1.82, 2.24) is 4.90 Å². The standard InChI is InChI=1S/C18H18NO2/c1-19-13-18(10-8-15(21-2)9-11-18)16(17(19)20)12-14-6-4-3-5-7-14/h3-12H,13H2,1-2H3/q-1/b16-12+. The number of nitrogens with zero attached hydrogens (tertiary/aromatic N) is 1. The van der Waals surface area contributed by atoms with Gasteiger partial charge < -0.3 is 9.64 Å². The molecule has 3 nitrogen and oxygen atoms in total. The van der Waals surface area contributed by atoms with E-state index in [1.54, 1.807) is 12.0 Å². The Balaban J connectivity index is 2.02. The second kappa shape index (κ2) is 5.26. The van der Waals surface area contributed by atoms with E-state index in [4.69, 9.17) is 4.74 Å². The van der Waals surface area contributed by atoms with E-state index in [0.29, 0.717) is 6.54 Å². The highest BCUT2D eigenvalue weighted by atomic mass is 16.5. The summed E-state index contributed by atoms with van der Waals surface area (Å²) in [6, 6.07) is 9.95. The number of likely N-dealkylation sites (N-methyl/N-ethyl adjacent to an activating group) is 1. The normalized spacial score (nSPS) is 21.8. The summed E-state index contributed by atoms with van der Waals surface area (Å²) in [5.74, 6) is 0.0778. The Morgan fingerprint density at radius 1 is 1.24 bits per heavy atom. The van der Waals surface area contributed by atoms with Crippen molar-refractivity contribution >= 4 is 12.0 Å². The number of carbonyl (C=O) groups excluding carboxylic acids is 1. The first kappa shape index (κ1) is 13.7. The minimum Gasteiger partial charge on any atom is -0.410 e. The summed E-state index contributed by atoms with van der Waals surface area (Å²) < 4.78 is 5.23. The zero-order chi connectivity index (χ0) is 14.9. The highest BCUT2D eigenvalue weighted by molar-refractivity contribution is 6.02. The van der Waals surface area contributed by atoms with Crippen molar-refractivity contribution in [2.45, 2.75) is 0 Å². The molecule has 3 heteroatoms. The first-order chi connectivity index (χ1) is 10.1. The van der Waals surface area contributed by atoms with Gasteiger partial charge in [-0.1, -0.05) is 30.3 Å². The van der Waals surface area contributed by atoms with Crippen LogP contribution in [0.1, 0.15) is 5.56 Å². The fraction of sp³-hybridized carbons (Fsp3) is 0.222. The zero-order valence-corrected chi connectivity index (χ0v) is 12.2. The van der Waals surface area contributed by atoms with E-state index in [9.17, 15) is 4.79 Å². The molecule has 1 fully saturated rings. The van der Waals surface area contributed by atoms with Crippen LogP contribution in [0.15, 0.2) is 60.2 Å². The minimum absolute atomic E-state index is 0.0778. The van der Waals surface area contributed by atoms with Crippen LogP contribution in [0.5, 0.6) is 0 Å². The molecule has 0 N–H and O–H groups in total. The van der Waals surface area contributed by atoms with E-state index >= 15 is 0 Å². The SMILES string of the molecule is CO[C-]1C=CC2(C=C1)CN(C)C(=O)/C2=C\c1ccccc1. The van der Waals surface area contributed by atoms with Crippen molar-refractivity contribution in [3.05, 3.63) is 71.9 Å². The Morgan fingerprint density at radius 2 is 1.90 bits per heavy atom. The van der Waals surface area contributed by atoms with Gasteiger partial charge in [-0.05, 0) is 23.2 Å². The smallest absolute Gasteiger partial charge is 0.248 e. The summed E-state index contributed by atoms with van der Waals surface area (Å²) >= 11 is 0. The molecule has 21 heavy (non-hydrogen) atoms. The summed E-state index contributed by atoms with van der Waals surface area (Å²) in [5.41, 5.74) is 1.49. The Morgan fingerprint density at radius 3 is 2.52 bits per heavy atom. The third kappa shape index (κ3) is 2.41. The largest absolute Gasteiger partial charge is 0.410 e. The lowest BCUT2D eigenvalue weighted by Crippen LogP contribution is -2.24. The summed E-state index contributed by atoms with van der Waals surface area (Å²) in [4.78, 5) is 14.3. The van der Waals surface area contributed by atoms with Gasteiger partial charge in [-0.3, -0.25) is 4.79 Å². The number of hydrogen-bond donors (Lipinski definition) is 0. The van der Waals surface area contributed by atoms with Gasteiger partial charge in [-0.25, -0.2) is 0 Å². The van der Waals surface area contributed by atoms with Crippen LogP contribution < -0.4 is 0 Å². The second-order valence-corrected chi connectivity index (χ2v) is 5.44. The van der Waals surface area contributed by atoms with Gasteiger partial charge in [0.1, 0.15) is 0 Å². The predicted octanol–water partition coefficient (Wildman–Crippen LogP) is 2.83. The van der Waals surface area contributed by atoms with Crippen LogP contribution in [0.4, 0.5) is 0 Å². The molecule has 3 rings (SSSR count). The van der Waals surface area contributed by atoms with Crippen molar-refractivity contribution in [3.8, 4) is 0 Å². The number of carbonyl (C=O) groups is 1. The van der Waals surface area contributed by atoms with Gasteiger partial charge in [0.15, 0.2) is 0 Å². The molecule has 108 valence electrons. The van der Waals surface area contributed by atoms with Gasteiger partial charge in [0.25, 0.3) is 0 Å². The molecule has 0 bridgehead atoms. The van der Waals surface area contributed by atoms with Crippen LogP contribution in [-0.4, -0.2) is 31.5 Å². The number of methoxy groups -OCH3 is 1. The van der Waals surface area contributed by atoms with E-state index in [2.05, 4.69) is 12.2 Å². The van der Waals surface area contributed by atoms with Crippen molar-refractivity contribution in [3.63, 3.8) is 0 Å². The van der Waals surface area contributed by atoms with Gasteiger partial charge in [0.2, 0.25) is 5.91 Å². The highest BCUT2D eigenvalue weighted by Crippen LogP contribution is 2.42. The van der Waals surface area contributed by atoms with Gasteiger partial charge in [0.05, 0.1) is 0 Å². The fourth-order valence-electron chi connectivity index (χ4n) is 2.86. The highest BCUT2D eigenvalue weighted by Gasteiger charge is 2.39. The van der Waals surface area contributed by atoms with E-state index in [1.165, 1.54) is 0 Å². The number of benzene rings is 1. The van der Waals surface area contributed by atoms with Crippen LogP contribution >= 0.6 is 0 Å². The van der Waals surface area contributed by atoms with Crippen LogP contribution in [0.2, 0.25) is 0 Å². The molecule has 1 amide bonds. The first-order valence-electron chi connectivity index (χ1n) is 6.97. The molecule has 1 heterocycles. The van der Waals surface area contributed by atoms with E-state index in [-0.39, 0.29) is 11.3 Å². The molecule has 1 saturated heterocycles. The predicted molar refractivity (Wildman–Crippen MR) is 83.0 cm³/mol. The molecular weight excluding hydrogens is 262 g/mol. The molecule has 1 aliphatic heterocycles. The Hall–Kier alpha value is -2.26. The van der Waals surface area contributed by atoms with Crippen LogP contribution in [0.25, 0.3) is 6.08 Å². The minimum atomic E-state index is -0.357. The van der Waals surface area contributed by atoms with Gasteiger partial charge in [0, 0.05) is 26.3 Å². The van der Waals surface area contributed by atoms with Crippen molar-refractivity contribution in [2.24, 2.45) is 5.41 Å². The molecule has 1 spiro atoms. The van der Waals surface area contributed by atoms with Gasteiger partial charge in [-0.2, -0.15) is 12.2 Å². The molecule has 1 aromatic carbocycles. The van der Waals surface area contributed by atoms with Crippen molar-refractivity contribution in [2.75, 3.05) is 20.7 Å². The lowest BCUT2D eigenvalue weighted by molar-refractivity contribution is -0.123. The average Bonchev–Trinajstić information content (AvgIpc) is 2.74. The molecule has 0 aromatic heterocycles. The van der Waals surface area contributed by atoms with Gasteiger partial charge in [-0.15, -0.1) is 12.2 Å². The van der Waals surface area contributed by atoms with E-state index in [0.717, 1.165) is 17.2 Å². The Kier molecular flexibility index (Phi) is 3.43. The third-order valence-electron chi connectivity index (χ3n) is 4.01. The molecule has 0 unspecified atom stereocenters. The average molecular weight is 280 g/mol. The number of amides is 1. The Bertz CT molecular complexity index is 614. The number of hydrogen-bond acceptors (Lipinski definition) is 2. The molecule has 0 atom stereocenters. The number of rotatable bonds is 2. The zero-order valence-electron chi connectivity index (χ0n) is 12.2. The maximum absolute atomic E-state index is 12.5. The molecular formula is C18H18NO2-. The maximum atomic E-state index is 12.5. The molecule has 2 aliphatic rings. The topological polar surface area (TPSA) is 29.5 Å². The summed E-state index contributed by atoms with van der Waals surface area (Å²) in [5, 5.41) is 0. The second-order valence-electron chi connectivity index (χ2n) is 5.44. The summed E-state index contributed by atoms with van der Waals surface area (Å²) in [6.45, 7) is 0.661. The molecule has 0 saturated carbocycles. The van der Waals surface area contributed by atoms with Crippen LogP contribution in [-0.2, 0) is 9.53 Å². The summed E-state index contributed by atoms with van der Waals surface area (Å²) in [7, 11) is 3.49. The lowest BCUT2D eigenvalue weighted by Gasteiger charge is -2.33. The number of ether oxygens (including phenoxy) is 1. The Labute approximate surface area is 125 Å². The lowest BCUT2D eigenvalue weighted by atomic mass is 9.78. The number of likely N-dealkylation sites (tertiary alicyclic amines) is 1. The van der Waals surface area contributed by atoms with Crippen molar-refractivity contribution in [1.29, 1.82) is 0 Å². The van der Waals surface area contributed by atoms with Crippen LogP contribution in [0, 0.1) is 11.5 Å². The maximum Gasteiger partial charge on any atom is 0.248 e. The van der Waals surface area contributed by atoms with Crippen LogP contribution in [0.3, 0.4) is 0 Å². The fourth-order valence-corrected chi connectivity index (χ4v) is 2.86. The monoisotopic (exact) mass is 280 g/mol.